The SMILES string of the molecule is CCC(C)/C=C(\CO)CCCBr. The number of aliphatic hydroxyl groups is 1. The highest BCUT2D eigenvalue weighted by atomic mass is 79.9. The lowest BCUT2D eigenvalue weighted by atomic mass is 10.0. The van der Waals surface area contributed by atoms with E-state index in [2.05, 4.69) is 35.9 Å². The van der Waals surface area contributed by atoms with Crippen molar-refractivity contribution in [3.05, 3.63) is 11.6 Å². The van der Waals surface area contributed by atoms with Crippen LogP contribution in [0.4, 0.5) is 0 Å². The average molecular weight is 235 g/mol. The fourth-order valence-corrected chi connectivity index (χ4v) is 1.31. The number of allylic oxidation sites excluding steroid dienone is 1. The molecular formula is C10H19BrO. The summed E-state index contributed by atoms with van der Waals surface area (Å²) >= 11 is 3.38. The highest BCUT2D eigenvalue weighted by Crippen LogP contribution is 2.11. The number of alkyl halides is 1. The van der Waals surface area contributed by atoms with Crippen molar-refractivity contribution in [2.24, 2.45) is 5.92 Å². The van der Waals surface area contributed by atoms with E-state index in [0.717, 1.165) is 24.6 Å². The summed E-state index contributed by atoms with van der Waals surface area (Å²) in [7, 11) is 0. The number of halogens is 1. The predicted octanol–water partition coefficient (Wildman–Crippen LogP) is 3.13. The number of rotatable bonds is 6. The highest BCUT2D eigenvalue weighted by molar-refractivity contribution is 9.09. The zero-order valence-corrected chi connectivity index (χ0v) is 9.60. The summed E-state index contributed by atoms with van der Waals surface area (Å²) in [5.41, 5.74) is 1.18. The molecule has 1 nitrogen and oxygen atoms in total. The quantitative estimate of drug-likeness (QED) is 0.554. The molecule has 1 atom stereocenters. The Kier molecular flexibility index (Phi) is 7.93. The van der Waals surface area contributed by atoms with Crippen molar-refractivity contribution in [2.75, 3.05) is 11.9 Å². The van der Waals surface area contributed by atoms with Gasteiger partial charge in [0.05, 0.1) is 6.61 Å². The van der Waals surface area contributed by atoms with E-state index >= 15 is 0 Å². The van der Waals surface area contributed by atoms with Crippen LogP contribution in [0.25, 0.3) is 0 Å². The molecule has 0 aromatic heterocycles. The molecule has 12 heavy (non-hydrogen) atoms. The second kappa shape index (κ2) is 7.81. The van der Waals surface area contributed by atoms with Crippen molar-refractivity contribution in [1.82, 2.24) is 0 Å². The van der Waals surface area contributed by atoms with Gasteiger partial charge in [-0.2, -0.15) is 0 Å². The Bertz CT molecular complexity index is 132. The van der Waals surface area contributed by atoms with Crippen LogP contribution in [0.2, 0.25) is 0 Å². The third-order valence-corrected chi connectivity index (χ3v) is 2.56. The lowest BCUT2D eigenvalue weighted by molar-refractivity contribution is 0.325. The number of hydrogen-bond donors (Lipinski definition) is 1. The van der Waals surface area contributed by atoms with Crippen LogP contribution in [-0.2, 0) is 0 Å². The Morgan fingerprint density at radius 2 is 2.25 bits per heavy atom. The van der Waals surface area contributed by atoms with E-state index in [9.17, 15) is 0 Å². The molecule has 0 aromatic carbocycles. The van der Waals surface area contributed by atoms with Crippen molar-refractivity contribution in [3.63, 3.8) is 0 Å². The van der Waals surface area contributed by atoms with Crippen LogP contribution in [0, 0.1) is 5.92 Å². The average Bonchev–Trinajstić information content (AvgIpc) is 2.11. The summed E-state index contributed by atoms with van der Waals surface area (Å²) in [6, 6.07) is 0. The molecule has 1 unspecified atom stereocenters. The molecule has 0 heterocycles. The van der Waals surface area contributed by atoms with E-state index in [1.807, 2.05) is 0 Å². The van der Waals surface area contributed by atoms with Crippen LogP contribution < -0.4 is 0 Å². The van der Waals surface area contributed by atoms with Gasteiger partial charge in [-0.3, -0.25) is 0 Å². The Balaban J connectivity index is 3.85. The van der Waals surface area contributed by atoms with Gasteiger partial charge in [0.1, 0.15) is 0 Å². The molecule has 0 aromatic rings. The van der Waals surface area contributed by atoms with E-state index in [-0.39, 0.29) is 6.61 Å². The monoisotopic (exact) mass is 234 g/mol. The molecule has 0 amide bonds. The van der Waals surface area contributed by atoms with Gasteiger partial charge in [-0.1, -0.05) is 42.3 Å². The van der Waals surface area contributed by atoms with Crippen LogP contribution >= 0.6 is 15.9 Å². The van der Waals surface area contributed by atoms with Gasteiger partial charge in [-0.05, 0) is 24.3 Å². The maximum atomic E-state index is 9.01. The van der Waals surface area contributed by atoms with Crippen LogP contribution in [0.3, 0.4) is 0 Å². The molecule has 1 N–H and O–H groups in total. The third kappa shape index (κ3) is 5.78. The fraction of sp³-hybridized carbons (Fsp3) is 0.800. The van der Waals surface area contributed by atoms with Gasteiger partial charge in [0, 0.05) is 5.33 Å². The van der Waals surface area contributed by atoms with Crippen LogP contribution in [0.5, 0.6) is 0 Å². The summed E-state index contributed by atoms with van der Waals surface area (Å²) in [4.78, 5) is 0. The Hall–Kier alpha value is 0.180. The largest absolute Gasteiger partial charge is 0.392 e. The highest BCUT2D eigenvalue weighted by Gasteiger charge is 1.98. The maximum Gasteiger partial charge on any atom is 0.0641 e. The van der Waals surface area contributed by atoms with Crippen LogP contribution in [0.15, 0.2) is 11.6 Å². The first-order valence-corrected chi connectivity index (χ1v) is 5.73. The van der Waals surface area contributed by atoms with E-state index in [1.165, 1.54) is 5.57 Å². The van der Waals surface area contributed by atoms with Gasteiger partial charge in [-0.15, -0.1) is 0 Å². The van der Waals surface area contributed by atoms with Crippen molar-refractivity contribution in [2.45, 2.75) is 33.1 Å². The summed E-state index contributed by atoms with van der Waals surface area (Å²) < 4.78 is 0. The number of aliphatic hydroxyl groups excluding tert-OH is 1. The standard InChI is InChI=1S/C10H19BrO/c1-3-9(2)7-10(8-12)5-4-6-11/h7,9,12H,3-6,8H2,1-2H3/b10-7-. The minimum absolute atomic E-state index is 0.220. The smallest absolute Gasteiger partial charge is 0.0641 e. The zero-order valence-electron chi connectivity index (χ0n) is 8.02. The first-order chi connectivity index (χ1) is 5.74. The van der Waals surface area contributed by atoms with Crippen LogP contribution in [-0.4, -0.2) is 17.0 Å². The van der Waals surface area contributed by atoms with Gasteiger partial charge in [0.25, 0.3) is 0 Å². The molecule has 2 heteroatoms. The van der Waals surface area contributed by atoms with Gasteiger partial charge < -0.3 is 5.11 Å². The normalized spacial score (nSPS) is 14.8. The molecule has 72 valence electrons. The van der Waals surface area contributed by atoms with Crippen molar-refractivity contribution in [1.29, 1.82) is 0 Å². The molecular weight excluding hydrogens is 216 g/mol. The molecule has 0 rings (SSSR count). The molecule has 0 spiro atoms. The summed E-state index contributed by atoms with van der Waals surface area (Å²) in [5.74, 6) is 0.600. The molecule has 0 fully saturated rings. The summed E-state index contributed by atoms with van der Waals surface area (Å²) in [6.07, 6.45) is 5.48. The molecule has 0 aliphatic carbocycles. The van der Waals surface area contributed by atoms with E-state index < -0.39 is 0 Å². The summed E-state index contributed by atoms with van der Waals surface area (Å²) in [5, 5.41) is 10.0. The molecule has 0 aliphatic rings. The van der Waals surface area contributed by atoms with Crippen molar-refractivity contribution < 1.29 is 5.11 Å². The second-order valence-corrected chi connectivity index (χ2v) is 3.95. The van der Waals surface area contributed by atoms with Crippen molar-refractivity contribution in [3.8, 4) is 0 Å². The Morgan fingerprint density at radius 1 is 1.58 bits per heavy atom. The Labute approximate surface area is 84.0 Å². The van der Waals surface area contributed by atoms with E-state index in [1.54, 1.807) is 0 Å². The minimum Gasteiger partial charge on any atom is -0.392 e. The topological polar surface area (TPSA) is 20.2 Å². The zero-order chi connectivity index (χ0) is 9.40. The minimum atomic E-state index is 0.220. The maximum absolute atomic E-state index is 9.01. The molecule has 0 saturated carbocycles. The second-order valence-electron chi connectivity index (χ2n) is 3.16. The van der Waals surface area contributed by atoms with Crippen molar-refractivity contribution >= 4 is 15.9 Å². The van der Waals surface area contributed by atoms with E-state index in [4.69, 9.17) is 5.11 Å². The van der Waals surface area contributed by atoms with E-state index in [0.29, 0.717) is 5.92 Å². The first-order valence-electron chi connectivity index (χ1n) is 4.61. The third-order valence-electron chi connectivity index (χ3n) is 2.00. The van der Waals surface area contributed by atoms with Gasteiger partial charge in [0.2, 0.25) is 0 Å². The lowest BCUT2D eigenvalue weighted by Crippen LogP contribution is -1.96. The molecule has 0 radical (unpaired) electrons. The lowest BCUT2D eigenvalue weighted by Gasteiger charge is -2.06. The molecule has 0 aliphatic heterocycles. The fourth-order valence-electron chi connectivity index (χ4n) is 1.03. The number of hydrogen-bond acceptors (Lipinski definition) is 1. The van der Waals surface area contributed by atoms with Gasteiger partial charge >= 0.3 is 0 Å². The van der Waals surface area contributed by atoms with Gasteiger partial charge in [-0.25, -0.2) is 0 Å². The molecule has 0 saturated heterocycles. The first kappa shape index (κ1) is 12.2. The Morgan fingerprint density at radius 3 is 2.67 bits per heavy atom. The molecule has 0 bridgehead atoms. The summed E-state index contributed by atoms with van der Waals surface area (Å²) in [6.45, 7) is 4.57. The van der Waals surface area contributed by atoms with Gasteiger partial charge in [0.15, 0.2) is 0 Å². The van der Waals surface area contributed by atoms with Crippen LogP contribution in [0.1, 0.15) is 33.1 Å². The predicted molar refractivity (Wildman–Crippen MR) is 57.7 cm³/mol.